The van der Waals surface area contributed by atoms with E-state index in [0.29, 0.717) is 6.61 Å². The molecule has 1 rings (SSSR count). The van der Waals surface area contributed by atoms with Gasteiger partial charge in [0, 0.05) is 25.1 Å². The van der Waals surface area contributed by atoms with Gasteiger partial charge in [-0.15, -0.1) is 0 Å². The average molecular weight is 169 g/mol. The number of hydrogen-bond acceptors (Lipinski definition) is 2. The first-order valence-electron chi connectivity index (χ1n) is 4.71. The van der Waals surface area contributed by atoms with E-state index >= 15 is 0 Å². The molecule has 2 nitrogen and oxygen atoms in total. The molecule has 1 saturated carbocycles. The maximum absolute atomic E-state index is 9.02. The van der Waals surface area contributed by atoms with Crippen LogP contribution in [-0.4, -0.2) is 24.8 Å². The maximum Gasteiger partial charge on any atom is 0.0499 e. The second-order valence-electron chi connectivity index (χ2n) is 3.87. The van der Waals surface area contributed by atoms with Crippen molar-refractivity contribution in [3.63, 3.8) is 0 Å². The summed E-state index contributed by atoms with van der Waals surface area (Å²) in [7, 11) is 0. The standard InChI is InChI=1S/C10H19NO/c1-3-9(2)6-11-7-10(8-12)4-5-10/h11-12H,2-8H2,1H3. The molecule has 70 valence electrons. The van der Waals surface area contributed by atoms with Crippen molar-refractivity contribution in [1.29, 1.82) is 0 Å². The molecule has 0 unspecified atom stereocenters. The maximum atomic E-state index is 9.02. The minimum Gasteiger partial charge on any atom is -0.396 e. The summed E-state index contributed by atoms with van der Waals surface area (Å²) in [5, 5.41) is 12.3. The third-order valence-corrected chi connectivity index (χ3v) is 2.67. The van der Waals surface area contributed by atoms with Crippen molar-refractivity contribution in [2.45, 2.75) is 26.2 Å². The zero-order valence-electron chi connectivity index (χ0n) is 7.90. The van der Waals surface area contributed by atoms with Crippen LogP contribution in [0.4, 0.5) is 0 Å². The van der Waals surface area contributed by atoms with Crippen molar-refractivity contribution in [2.75, 3.05) is 19.7 Å². The van der Waals surface area contributed by atoms with Gasteiger partial charge >= 0.3 is 0 Å². The molecular formula is C10H19NO. The van der Waals surface area contributed by atoms with Crippen LogP contribution in [0, 0.1) is 5.41 Å². The van der Waals surface area contributed by atoms with Gasteiger partial charge in [0.05, 0.1) is 0 Å². The summed E-state index contributed by atoms with van der Waals surface area (Å²) < 4.78 is 0. The zero-order chi connectivity index (χ0) is 9.03. The van der Waals surface area contributed by atoms with Crippen LogP contribution in [0.1, 0.15) is 26.2 Å². The Morgan fingerprint density at radius 2 is 2.25 bits per heavy atom. The highest BCUT2D eigenvalue weighted by Crippen LogP contribution is 2.44. The summed E-state index contributed by atoms with van der Waals surface area (Å²) >= 11 is 0. The van der Waals surface area contributed by atoms with Gasteiger partial charge in [0.25, 0.3) is 0 Å². The van der Waals surface area contributed by atoms with E-state index in [2.05, 4.69) is 18.8 Å². The van der Waals surface area contributed by atoms with E-state index in [4.69, 9.17) is 5.11 Å². The van der Waals surface area contributed by atoms with Crippen molar-refractivity contribution in [1.82, 2.24) is 5.32 Å². The molecule has 0 bridgehead atoms. The highest BCUT2D eigenvalue weighted by atomic mass is 16.3. The highest BCUT2D eigenvalue weighted by molar-refractivity contribution is 4.99. The summed E-state index contributed by atoms with van der Waals surface area (Å²) in [6.45, 7) is 8.21. The number of nitrogens with one attached hydrogen (secondary N) is 1. The zero-order valence-corrected chi connectivity index (χ0v) is 7.90. The summed E-state index contributed by atoms with van der Waals surface area (Å²) in [6, 6.07) is 0. The van der Waals surface area contributed by atoms with E-state index in [9.17, 15) is 0 Å². The number of hydrogen-bond donors (Lipinski definition) is 2. The SMILES string of the molecule is C=C(CC)CNCC1(CO)CC1. The normalized spacial score (nSPS) is 19.2. The fourth-order valence-corrected chi connectivity index (χ4v) is 1.20. The lowest BCUT2D eigenvalue weighted by atomic mass is 10.1. The monoisotopic (exact) mass is 169 g/mol. The van der Waals surface area contributed by atoms with Crippen LogP contribution in [0.15, 0.2) is 12.2 Å². The van der Waals surface area contributed by atoms with Crippen LogP contribution >= 0.6 is 0 Å². The van der Waals surface area contributed by atoms with Crippen molar-refractivity contribution >= 4 is 0 Å². The molecule has 0 spiro atoms. The molecule has 0 saturated heterocycles. The molecule has 0 aliphatic heterocycles. The van der Waals surface area contributed by atoms with Gasteiger partial charge in [-0.25, -0.2) is 0 Å². The first kappa shape index (κ1) is 9.75. The molecule has 1 fully saturated rings. The van der Waals surface area contributed by atoms with Gasteiger partial charge in [-0.05, 0) is 19.3 Å². The summed E-state index contributed by atoms with van der Waals surface area (Å²) in [6.07, 6.45) is 3.39. The van der Waals surface area contributed by atoms with Gasteiger partial charge in [0.15, 0.2) is 0 Å². The molecule has 0 heterocycles. The summed E-state index contributed by atoms with van der Waals surface area (Å²) in [5.74, 6) is 0. The first-order valence-corrected chi connectivity index (χ1v) is 4.71. The predicted octanol–water partition coefficient (Wildman–Crippen LogP) is 1.31. The Balaban J connectivity index is 2.06. The molecule has 0 amide bonds. The fourth-order valence-electron chi connectivity index (χ4n) is 1.20. The largest absolute Gasteiger partial charge is 0.396 e. The van der Waals surface area contributed by atoms with E-state index in [-0.39, 0.29) is 5.41 Å². The highest BCUT2D eigenvalue weighted by Gasteiger charge is 2.41. The van der Waals surface area contributed by atoms with E-state index in [0.717, 1.165) is 19.5 Å². The van der Waals surface area contributed by atoms with Crippen LogP contribution in [0.25, 0.3) is 0 Å². The molecule has 1 aliphatic rings. The average Bonchev–Trinajstić information content (AvgIpc) is 2.85. The fraction of sp³-hybridized carbons (Fsp3) is 0.800. The molecule has 2 heteroatoms. The lowest BCUT2D eigenvalue weighted by molar-refractivity contribution is 0.209. The molecule has 2 N–H and O–H groups in total. The molecule has 0 aromatic carbocycles. The van der Waals surface area contributed by atoms with E-state index in [1.165, 1.54) is 18.4 Å². The molecule has 0 radical (unpaired) electrons. The van der Waals surface area contributed by atoms with Crippen LogP contribution < -0.4 is 5.32 Å². The van der Waals surface area contributed by atoms with Crippen LogP contribution in [0.2, 0.25) is 0 Å². The molecule has 12 heavy (non-hydrogen) atoms. The van der Waals surface area contributed by atoms with Crippen LogP contribution in [-0.2, 0) is 0 Å². The summed E-state index contributed by atoms with van der Waals surface area (Å²) in [4.78, 5) is 0. The van der Waals surface area contributed by atoms with Gasteiger partial charge in [-0.1, -0.05) is 19.1 Å². The van der Waals surface area contributed by atoms with E-state index < -0.39 is 0 Å². The third kappa shape index (κ3) is 2.61. The third-order valence-electron chi connectivity index (χ3n) is 2.67. The van der Waals surface area contributed by atoms with E-state index in [1.54, 1.807) is 0 Å². The lowest BCUT2D eigenvalue weighted by Crippen LogP contribution is -2.27. The Hall–Kier alpha value is -0.340. The molecule has 0 aromatic rings. The van der Waals surface area contributed by atoms with E-state index in [1.807, 2.05) is 0 Å². The van der Waals surface area contributed by atoms with Gasteiger partial charge in [-0.2, -0.15) is 0 Å². The Labute approximate surface area is 74.7 Å². The smallest absolute Gasteiger partial charge is 0.0499 e. The lowest BCUT2D eigenvalue weighted by Gasteiger charge is -2.12. The van der Waals surface area contributed by atoms with Crippen molar-refractivity contribution in [2.24, 2.45) is 5.41 Å². The number of aliphatic hydroxyl groups is 1. The minimum atomic E-state index is 0.230. The minimum absolute atomic E-state index is 0.230. The van der Waals surface area contributed by atoms with Gasteiger partial charge in [0.1, 0.15) is 0 Å². The second kappa shape index (κ2) is 4.06. The number of rotatable bonds is 6. The quantitative estimate of drug-likeness (QED) is 0.588. The Morgan fingerprint density at radius 3 is 2.67 bits per heavy atom. The molecule has 1 aliphatic carbocycles. The summed E-state index contributed by atoms with van der Waals surface area (Å²) in [5.41, 5.74) is 1.47. The topological polar surface area (TPSA) is 32.3 Å². The van der Waals surface area contributed by atoms with Crippen molar-refractivity contribution < 1.29 is 5.11 Å². The second-order valence-corrected chi connectivity index (χ2v) is 3.87. The first-order chi connectivity index (χ1) is 5.72. The van der Waals surface area contributed by atoms with Gasteiger partial charge < -0.3 is 10.4 Å². The predicted molar refractivity (Wildman–Crippen MR) is 51.1 cm³/mol. The molecular weight excluding hydrogens is 150 g/mol. The van der Waals surface area contributed by atoms with Crippen LogP contribution in [0.3, 0.4) is 0 Å². The number of aliphatic hydroxyl groups excluding tert-OH is 1. The van der Waals surface area contributed by atoms with Crippen molar-refractivity contribution in [3.05, 3.63) is 12.2 Å². The van der Waals surface area contributed by atoms with Gasteiger partial charge in [-0.3, -0.25) is 0 Å². The van der Waals surface area contributed by atoms with Crippen LogP contribution in [0.5, 0.6) is 0 Å². The Morgan fingerprint density at radius 1 is 1.58 bits per heavy atom. The Bertz CT molecular complexity index is 161. The van der Waals surface area contributed by atoms with Crippen molar-refractivity contribution in [3.8, 4) is 0 Å². The molecule has 0 atom stereocenters. The Kier molecular flexibility index (Phi) is 3.29. The molecule has 0 aromatic heterocycles. The van der Waals surface area contributed by atoms with Gasteiger partial charge in [0.2, 0.25) is 0 Å².